The first-order chi connectivity index (χ1) is 11.6. The van der Waals surface area contributed by atoms with Gasteiger partial charge in [-0.15, -0.1) is 0 Å². The molecule has 1 unspecified atom stereocenters. The number of ketones is 1. The Morgan fingerprint density at radius 3 is 2.48 bits per heavy atom. The molecule has 0 fully saturated rings. The number of aliphatic hydroxyl groups excluding tert-OH is 1. The van der Waals surface area contributed by atoms with Crippen molar-refractivity contribution in [2.45, 2.75) is 73.3 Å². The summed E-state index contributed by atoms with van der Waals surface area (Å²) in [5.74, 6) is -0.00311. The molecule has 0 saturated carbocycles. The second kappa shape index (κ2) is 9.72. The molecule has 0 spiro atoms. The summed E-state index contributed by atoms with van der Waals surface area (Å²) >= 11 is 0. The Bertz CT molecular complexity index is 624. The highest BCUT2D eigenvalue weighted by molar-refractivity contribution is 5.76. The first-order valence-electron chi connectivity index (χ1n) is 9.21. The Morgan fingerprint density at radius 2 is 1.88 bits per heavy atom. The van der Waals surface area contributed by atoms with E-state index in [0.717, 1.165) is 5.57 Å². The van der Waals surface area contributed by atoms with Gasteiger partial charge in [0.25, 0.3) is 0 Å². The second-order valence-corrected chi connectivity index (χ2v) is 7.92. The van der Waals surface area contributed by atoms with E-state index in [9.17, 15) is 9.90 Å². The van der Waals surface area contributed by atoms with E-state index >= 15 is 0 Å². The molecule has 2 nitrogen and oxygen atoms in total. The molecule has 0 aliphatic heterocycles. The van der Waals surface area contributed by atoms with Gasteiger partial charge in [-0.1, -0.05) is 67.0 Å². The minimum atomic E-state index is -0.699. The predicted octanol–water partition coefficient (Wildman–Crippen LogP) is 5.86. The van der Waals surface area contributed by atoms with Crippen LogP contribution in [0.15, 0.2) is 58.7 Å². The molecule has 138 valence electrons. The third-order valence-electron chi connectivity index (χ3n) is 4.73. The maximum absolute atomic E-state index is 11.0. The summed E-state index contributed by atoms with van der Waals surface area (Å²) < 4.78 is 0. The molecule has 0 amide bonds. The van der Waals surface area contributed by atoms with Gasteiger partial charge < -0.3 is 5.11 Å². The van der Waals surface area contributed by atoms with Crippen molar-refractivity contribution in [3.8, 4) is 0 Å². The molecule has 2 heteroatoms. The van der Waals surface area contributed by atoms with Gasteiger partial charge in [0.15, 0.2) is 0 Å². The number of hydrogen-bond donors (Lipinski definition) is 1. The second-order valence-electron chi connectivity index (χ2n) is 7.92. The molecular formula is C23H34O2. The Labute approximate surface area is 153 Å². The van der Waals surface area contributed by atoms with Crippen LogP contribution in [0.25, 0.3) is 0 Å². The fourth-order valence-corrected chi connectivity index (χ4v) is 3.34. The van der Waals surface area contributed by atoms with Crippen LogP contribution in [-0.4, -0.2) is 17.0 Å². The standard InChI is InChI=1S/C23H34O2/c1-17(9-7-10-18(2)15-21(25)16-20(4)24)12-13-22-19(3)11-8-14-23(22,5)6/h7,9-10,12-13,15,21,25H,8,11,14,16H2,1-6H3/b10-7+,13-12+,17-9+,18-15+. The third-order valence-corrected chi connectivity index (χ3v) is 4.73. The third kappa shape index (κ3) is 7.83. The van der Waals surface area contributed by atoms with Gasteiger partial charge in [-0.2, -0.15) is 0 Å². The van der Waals surface area contributed by atoms with Crippen molar-refractivity contribution in [1.29, 1.82) is 0 Å². The largest absolute Gasteiger partial charge is 0.389 e. The van der Waals surface area contributed by atoms with Gasteiger partial charge >= 0.3 is 0 Å². The van der Waals surface area contributed by atoms with Gasteiger partial charge in [-0.05, 0) is 57.9 Å². The summed E-state index contributed by atoms with van der Waals surface area (Å²) in [4.78, 5) is 11.0. The number of hydrogen-bond acceptors (Lipinski definition) is 2. The van der Waals surface area contributed by atoms with Crippen LogP contribution in [0.5, 0.6) is 0 Å². The van der Waals surface area contributed by atoms with Crippen molar-refractivity contribution in [2.24, 2.45) is 5.41 Å². The van der Waals surface area contributed by atoms with Gasteiger partial charge in [0.05, 0.1) is 6.10 Å². The number of carbonyl (C=O) groups is 1. The average molecular weight is 343 g/mol. The summed E-state index contributed by atoms with van der Waals surface area (Å²) in [7, 11) is 0. The molecule has 1 aliphatic carbocycles. The maximum atomic E-state index is 11.0. The van der Waals surface area contributed by atoms with E-state index in [1.54, 1.807) is 6.08 Å². The van der Waals surface area contributed by atoms with E-state index in [0.29, 0.717) is 0 Å². The van der Waals surface area contributed by atoms with Gasteiger partial charge in [0.2, 0.25) is 0 Å². The molecule has 0 aromatic rings. The highest BCUT2D eigenvalue weighted by Gasteiger charge is 2.26. The van der Waals surface area contributed by atoms with Gasteiger partial charge in [0.1, 0.15) is 5.78 Å². The fraction of sp³-hybridized carbons (Fsp3) is 0.522. The van der Waals surface area contributed by atoms with E-state index in [4.69, 9.17) is 0 Å². The van der Waals surface area contributed by atoms with Crippen molar-refractivity contribution in [1.82, 2.24) is 0 Å². The molecule has 0 saturated heterocycles. The van der Waals surface area contributed by atoms with Crippen molar-refractivity contribution in [3.05, 3.63) is 58.7 Å². The van der Waals surface area contributed by atoms with Crippen LogP contribution in [0.3, 0.4) is 0 Å². The topological polar surface area (TPSA) is 37.3 Å². The van der Waals surface area contributed by atoms with Crippen LogP contribution >= 0.6 is 0 Å². The summed E-state index contributed by atoms with van der Waals surface area (Å²) in [5, 5.41) is 9.74. The lowest BCUT2D eigenvalue weighted by molar-refractivity contribution is -0.118. The highest BCUT2D eigenvalue weighted by atomic mass is 16.3. The molecule has 1 N–H and O–H groups in total. The van der Waals surface area contributed by atoms with E-state index in [-0.39, 0.29) is 17.6 Å². The van der Waals surface area contributed by atoms with Crippen molar-refractivity contribution < 1.29 is 9.90 Å². The first kappa shape index (κ1) is 21.4. The van der Waals surface area contributed by atoms with Crippen molar-refractivity contribution >= 4 is 5.78 Å². The van der Waals surface area contributed by atoms with Gasteiger partial charge in [0, 0.05) is 6.42 Å². The summed E-state index contributed by atoms with van der Waals surface area (Å²) in [5.41, 5.74) is 5.39. The van der Waals surface area contributed by atoms with Crippen LogP contribution < -0.4 is 0 Å². The summed E-state index contributed by atoms with van der Waals surface area (Å²) in [6.07, 6.45) is 15.4. The van der Waals surface area contributed by atoms with Crippen LogP contribution in [0.4, 0.5) is 0 Å². The summed E-state index contributed by atoms with van der Waals surface area (Å²) in [6.45, 7) is 12.4. The van der Waals surface area contributed by atoms with Crippen molar-refractivity contribution in [2.75, 3.05) is 0 Å². The van der Waals surface area contributed by atoms with Crippen LogP contribution in [-0.2, 0) is 4.79 Å². The fourth-order valence-electron chi connectivity index (χ4n) is 3.34. The Balaban J connectivity index is 2.72. The monoisotopic (exact) mass is 342 g/mol. The molecule has 1 rings (SSSR count). The first-order valence-corrected chi connectivity index (χ1v) is 9.21. The Morgan fingerprint density at radius 1 is 1.20 bits per heavy atom. The summed E-state index contributed by atoms with van der Waals surface area (Å²) in [6, 6.07) is 0. The lowest BCUT2D eigenvalue weighted by atomic mass is 9.72. The normalized spacial score (nSPS) is 20.6. The van der Waals surface area contributed by atoms with E-state index in [1.165, 1.54) is 42.9 Å². The Hall–Kier alpha value is -1.67. The average Bonchev–Trinajstić information content (AvgIpc) is 2.44. The molecule has 1 aliphatic rings. The lowest BCUT2D eigenvalue weighted by Crippen LogP contribution is -2.19. The van der Waals surface area contributed by atoms with Crippen LogP contribution in [0, 0.1) is 5.41 Å². The van der Waals surface area contributed by atoms with Gasteiger partial charge in [-0.3, -0.25) is 4.79 Å². The zero-order chi connectivity index (χ0) is 19.0. The molecule has 0 bridgehead atoms. The number of allylic oxidation sites excluding steroid dienone is 9. The maximum Gasteiger partial charge on any atom is 0.132 e. The predicted molar refractivity (Wildman–Crippen MR) is 107 cm³/mol. The number of aliphatic hydroxyl groups is 1. The molecule has 0 aromatic carbocycles. The smallest absolute Gasteiger partial charge is 0.132 e. The quantitative estimate of drug-likeness (QED) is 0.589. The highest BCUT2D eigenvalue weighted by Crippen LogP contribution is 2.40. The Kier molecular flexibility index (Phi) is 8.31. The van der Waals surface area contributed by atoms with Crippen molar-refractivity contribution in [3.63, 3.8) is 0 Å². The minimum absolute atomic E-state index is 0.00311. The van der Waals surface area contributed by atoms with E-state index in [1.807, 2.05) is 19.1 Å². The van der Waals surface area contributed by atoms with Gasteiger partial charge in [-0.25, -0.2) is 0 Å². The number of rotatable bonds is 7. The molecule has 0 aromatic heterocycles. The minimum Gasteiger partial charge on any atom is -0.389 e. The number of Topliss-reactive ketones (excluding diaryl/α,β-unsaturated/α-hetero) is 1. The molecule has 25 heavy (non-hydrogen) atoms. The van der Waals surface area contributed by atoms with Crippen LogP contribution in [0.1, 0.15) is 67.2 Å². The molecule has 1 atom stereocenters. The zero-order valence-electron chi connectivity index (χ0n) is 16.7. The SMILES string of the molecule is CC(=O)CC(O)/C=C(C)/C=C/C=C(C)/C=C/C1=C(C)CCCC1(C)C. The number of carbonyl (C=O) groups excluding carboxylic acids is 1. The zero-order valence-corrected chi connectivity index (χ0v) is 16.7. The van der Waals surface area contributed by atoms with E-state index < -0.39 is 6.10 Å². The van der Waals surface area contributed by atoms with Crippen LogP contribution in [0.2, 0.25) is 0 Å². The molecule has 0 heterocycles. The lowest BCUT2D eigenvalue weighted by Gasteiger charge is -2.32. The van der Waals surface area contributed by atoms with E-state index in [2.05, 4.69) is 45.9 Å². The molecule has 0 radical (unpaired) electrons. The molecular weight excluding hydrogens is 308 g/mol.